The zero-order chi connectivity index (χ0) is 20.7. The highest BCUT2D eigenvalue weighted by Crippen LogP contribution is 2.45. The van der Waals surface area contributed by atoms with Crippen LogP contribution in [0.3, 0.4) is 0 Å². The summed E-state index contributed by atoms with van der Waals surface area (Å²) < 4.78 is 0. The minimum atomic E-state index is -0.957. The SMILES string of the molecule is O=C1C(=O)N(c2nccs2)C(c2ccc(Cl)cc2Cl)C1=C(O)c1ccc(Cl)cc1. The van der Waals surface area contributed by atoms with Crippen LogP contribution in [-0.2, 0) is 9.59 Å². The van der Waals surface area contributed by atoms with Crippen molar-refractivity contribution in [1.82, 2.24) is 4.98 Å². The summed E-state index contributed by atoms with van der Waals surface area (Å²) in [6.07, 6.45) is 1.53. The number of aliphatic hydroxyl groups excluding tert-OH is 1. The van der Waals surface area contributed by atoms with Crippen molar-refractivity contribution in [3.63, 3.8) is 0 Å². The summed E-state index contributed by atoms with van der Waals surface area (Å²) in [5, 5.41) is 14.1. The van der Waals surface area contributed by atoms with Gasteiger partial charge in [-0.2, -0.15) is 0 Å². The van der Waals surface area contributed by atoms with E-state index < -0.39 is 17.7 Å². The predicted molar refractivity (Wildman–Crippen MR) is 115 cm³/mol. The number of anilines is 1. The van der Waals surface area contributed by atoms with Gasteiger partial charge in [-0.25, -0.2) is 4.98 Å². The molecule has 1 fully saturated rings. The fourth-order valence-electron chi connectivity index (χ4n) is 3.15. The molecule has 1 aliphatic heterocycles. The van der Waals surface area contributed by atoms with Crippen molar-refractivity contribution < 1.29 is 14.7 Å². The third-order valence-electron chi connectivity index (χ3n) is 4.44. The van der Waals surface area contributed by atoms with Crippen molar-refractivity contribution >= 4 is 68.7 Å². The molecule has 0 saturated carbocycles. The maximum absolute atomic E-state index is 12.9. The summed E-state index contributed by atoms with van der Waals surface area (Å²) in [5.41, 5.74) is 0.708. The third-order valence-corrected chi connectivity index (χ3v) is 6.03. The van der Waals surface area contributed by atoms with Crippen LogP contribution in [0.2, 0.25) is 15.1 Å². The van der Waals surface area contributed by atoms with Crippen LogP contribution in [0.1, 0.15) is 17.2 Å². The second-order valence-electron chi connectivity index (χ2n) is 6.16. The zero-order valence-corrected chi connectivity index (χ0v) is 17.6. The van der Waals surface area contributed by atoms with E-state index >= 15 is 0 Å². The number of aromatic nitrogens is 1. The minimum Gasteiger partial charge on any atom is -0.507 e. The Morgan fingerprint density at radius 1 is 1.03 bits per heavy atom. The maximum Gasteiger partial charge on any atom is 0.301 e. The second kappa shape index (κ2) is 7.80. The minimum absolute atomic E-state index is 0.0863. The second-order valence-corrected chi connectivity index (χ2v) is 8.31. The molecule has 0 bridgehead atoms. The Morgan fingerprint density at radius 2 is 1.72 bits per heavy atom. The molecule has 1 atom stereocenters. The quantitative estimate of drug-likeness (QED) is 0.305. The van der Waals surface area contributed by atoms with Crippen LogP contribution in [0.4, 0.5) is 5.13 Å². The average molecular weight is 466 g/mol. The van der Waals surface area contributed by atoms with Gasteiger partial charge in [-0.15, -0.1) is 11.3 Å². The first-order valence-electron chi connectivity index (χ1n) is 8.30. The van der Waals surface area contributed by atoms with Crippen LogP contribution in [0.5, 0.6) is 0 Å². The molecule has 4 rings (SSSR count). The topological polar surface area (TPSA) is 70.5 Å². The van der Waals surface area contributed by atoms with Gasteiger partial charge in [0.25, 0.3) is 5.78 Å². The Labute approximate surface area is 184 Å². The van der Waals surface area contributed by atoms with Gasteiger partial charge in [0.1, 0.15) is 5.76 Å². The average Bonchev–Trinajstić information content (AvgIpc) is 3.29. The van der Waals surface area contributed by atoms with Crippen LogP contribution in [0.15, 0.2) is 59.6 Å². The number of hydrogen-bond acceptors (Lipinski definition) is 5. The van der Waals surface area contributed by atoms with E-state index in [1.54, 1.807) is 41.8 Å². The fraction of sp³-hybridized carbons (Fsp3) is 0.0500. The number of ketones is 1. The van der Waals surface area contributed by atoms with Crippen molar-refractivity contribution in [3.8, 4) is 0 Å². The number of amides is 1. The molecule has 0 spiro atoms. The van der Waals surface area contributed by atoms with Gasteiger partial charge in [0.15, 0.2) is 5.13 Å². The van der Waals surface area contributed by atoms with Crippen molar-refractivity contribution in [2.45, 2.75) is 6.04 Å². The Balaban J connectivity index is 1.97. The Morgan fingerprint density at radius 3 is 2.34 bits per heavy atom. The van der Waals surface area contributed by atoms with E-state index in [0.717, 1.165) is 0 Å². The number of carbonyl (C=O) groups is 2. The molecule has 9 heteroatoms. The highest BCUT2D eigenvalue weighted by Gasteiger charge is 2.48. The lowest BCUT2D eigenvalue weighted by atomic mass is 9.95. The number of rotatable bonds is 3. The molecule has 29 heavy (non-hydrogen) atoms. The van der Waals surface area contributed by atoms with Gasteiger partial charge in [0.05, 0.1) is 11.6 Å². The molecule has 2 heterocycles. The van der Waals surface area contributed by atoms with Crippen molar-refractivity contribution in [2.24, 2.45) is 0 Å². The number of hydrogen-bond donors (Lipinski definition) is 1. The van der Waals surface area contributed by atoms with Crippen LogP contribution >= 0.6 is 46.1 Å². The molecule has 5 nitrogen and oxygen atoms in total. The third kappa shape index (κ3) is 3.53. The van der Waals surface area contributed by atoms with Crippen molar-refractivity contribution in [2.75, 3.05) is 4.90 Å². The number of carbonyl (C=O) groups excluding carboxylic acids is 2. The first-order valence-corrected chi connectivity index (χ1v) is 10.3. The molecule has 1 unspecified atom stereocenters. The van der Waals surface area contributed by atoms with Crippen LogP contribution in [0.25, 0.3) is 5.76 Å². The summed E-state index contributed by atoms with van der Waals surface area (Å²) in [5.74, 6) is -1.95. The van der Waals surface area contributed by atoms with E-state index in [9.17, 15) is 14.7 Å². The van der Waals surface area contributed by atoms with Gasteiger partial charge >= 0.3 is 5.91 Å². The number of thiazole rings is 1. The molecule has 146 valence electrons. The van der Waals surface area contributed by atoms with E-state index in [0.29, 0.717) is 26.3 Å². The van der Waals surface area contributed by atoms with E-state index in [1.165, 1.54) is 28.5 Å². The standard InChI is InChI=1S/C20H11Cl3N2O3S/c21-11-3-1-10(2-4-11)17(26)15-16(13-6-5-12(22)9-14(13)23)25(19(28)18(15)27)20-24-7-8-29-20/h1-9,16,26H. The van der Waals surface area contributed by atoms with E-state index in [4.69, 9.17) is 34.8 Å². The molecule has 1 aromatic heterocycles. The number of benzene rings is 2. The summed E-state index contributed by atoms with van der Waals surface area (Å²) >= 11 is 19.5. The van der Waals surface area contributed by atoms with Crippen molar-refractivity contribution in [3.05, 3.63) is 85.8 Å². The van der Waals surface area contributed by atoms with Gasteiger partial charge < -0.3 is 5.11 Å². The molecular weight excluding hydrogens is 455 g/mol. The Kier molecular flexibility index (Phi) is 5.36. The fourth-order valence-corrected chi connectivity index (χ4v) is 4.45. The van der Waals surface area contributed by atoms with Gasteiger partial charge in [0.2, 0.25) is 0 Å². The molecule has 1 amide bonds. The zero-order valence-electron chi connectivity index (χ0n) is 14.5. The Bertz CT molecular complexity index is 1140. The van der Waals surface area contributed by atoms with Gasteiger partial charge in [-0.05, 0) is 42.0 Å². The van der Waals surface area contributed by atoms with E-state index in [-0.39, 0.29) is 16.4 Å². The number of nitrogens with zero attached hydrogens (tertiary/aromatic N) is 2. The lowest BCUT2D eigenvalue weighted by molar-refractivity contribution is -0.132. The molecule has 3 aromatic rings. The van der Waals surface area contributed by atoms with E-state index in [2.05, 4.69) is 4.98 Å². The van der Waals surface area contributed by atoms with Crippen LogP contribution in [0, 0.1) is 0 Å². The van der Waals surface area contributed by atoms with Crippen LogP contribution in [-0.4, -0.2) is 21.8 Å². The Hall–Kier alpha value is -2.38. The number of Topliss-reactive ketones (excluding diaryl/α,β-unsaturated/α-hetero) is 1. The van der Waals surface area contributed by atoms with Crippen LogP contribution < -0.4 is 4.90 Å². The normalized spacial score (nSPS) is 18.4. The molecule has 1 saturated heterocycles. The number of halogens is 3. The maximum atomic E-state index is 12.9. The monoisotopic (exact) mass is 464 g/mol. The van der Waals surface area contributed by atoms with Gasteiger partial charge in [-0.1, -0.05) is 40.9 Å². The molecule has 2 aromatic carbocycles. The molecule has 0 radical (unpaired) electrons. The summed E-state index contributed by atoms with van der Waals surface area (Å²) in [4.78, 5) is 31.2. The first kappa shape index (κ1) is 19.9. The summed E-state index contributed by atoms with van der Waals surface area (Å²) in [7, 11) is 0. The summed E-state index contributed by atoms with van der Waals surface area (Å²) in [6.45, 7) is 0. The lowest BCUT2D eigenvalue weighted by Crippen LogP contribution is -2.29. The van der Waals surface area contributed by atoms with Gasteiger partial charge in [0, 0.05) is 32.2 Å². The smallest absolute Gasteiger partial charge is 0.301 e. The molecule has 1 N–H and O–H groups in total. The predicted octanol–water partition coefficient (Wildman–Crippen LogP) is 5.73. The van der Waals surface area contributed by atoms with Gasteiger partial charge in [-0.3, -0.25) is 14.5 Å². The molecule has 1 aliphatic rings. The largest absolute Gasteiger partial charge is 0.507 e. The van der Waals surface area contributed by atoms with Crippen molar-refractivity contribution in [1.29, 1.82) is 0 Å². The summed E-state index contributed by atoms with van der Waals surface area (Å²) in [6, 6.07) is 10.1. The highest BCUT2D eigenvalue weighted by atomic mass is 35.5. The first-order chi connectivity index (χ1) is 13.9. The lowest BCUT2D eigenvalue weighted by Gasteiger charge is -2.23. The molecule has 0 aliphatic carbocycles. The molecular formula is C20H11Cl3N2O3S. The highest BCUT2D eigenvalue weighted by molar-refractivity contribution is 7.14. The number of aliphatic hydroxyl groups is 1. The van der Waals surface area contributed by atoms with E-state index in [1.807, 2.05) is 0 Å².